The van der Waals surface area contributed by atoms with E-state index in [0.717, 1.165) is 0 Å². The number of amides is 1. The molecule has 1 amide bonds. The van der Waals surface area contributed by atoms with Gasteiger partial charge in [-0.3, -0.25) is 9.89 Å². The number of aromatic amines is 1. The summed E-state index contributed by atoms with van der Waals surface area (Å²) < 4.78 is 0. The van der Waals surface area contributed by atoms with Crippen LogP contribution < -0.4 is 4.90 Å². The molecular formula is C8H9Cl2N3O. The average molecular weight is 234 g/mol. The molecule has 1 unspecified atom stereocenters. The number of nitrogens with zero attached hydrogens (tertiary/aromatic N) is 2. The standard InChI is InChI=1S/C8H9Cl2N3O/c9-2-5-1-7(14)13(4-5)6-3-11-12-8(6)10/h3,5H,1-2,4H2,(H,11,12). The molecule has 1 N–H and O–H groups in total. The molecule has 0 radical (unpaired) electrons. The Kier molecular flexibility index (Phi) is 2.65. The van der Waals surface area contributed by atoms with Crippen molar-refractivity contribution in [3.05, 3.63) is 11.3 Å². The zero-order chi connectivity index (χ0) is 10.1. The lowest BCUT2D eigenvalue weighted by Crippen LogP contribution is -2.24. The summed E-state index contributed by atoms with van der Waals surface area (Å²) >= 11 is 11.5. The third-order valence-electron chi connectivity index (χ3n) is 2.29. The summed E-state index contributed by atoms with van der Waals surface area (Å²) in [5.41, 5.74) is 0.643. The van der Waals surface area contributed by atoms with Crippen molar-refractivity contribution in [3.63, 3.8) is 0 Å². The number of nitrogens with one attached hydrogen (secondary N) is 1. The molecular weight excluding hydrogens is 225 g/mol. The van der Waals surface area contributed by atoms with Crippen molar-refractivity contribution < 1.29 is 4.79 Å². The summed E-state index contributed by atoms with van der Waals surface area (Å²) in [6.45, 7) is 0.627. The van der Waals surface area contributed by atoms with Crippen molar-refractivity contribution in [2.24, 2.45) is 5.92 Å². The lowest BCUT2D eigenvalue weighted by molar-refractivity contribution is -0.117. The Labute approximate surface area is 91.2 Å². The van der Waals surface area contributed by atoms with Crippen LogP contribution in [0.25, 0.3) is 0 Å². The van der Waals surface area contributed by atoms with Crippen LogP contribution in [0.5, 0.6) is 0 Å². The maximum absolute atomic E-state index is 11.6. The van der Waals surface area contributed by atoms with Crippen LogP contribution in [0, 0.1) is 5.92 Å². The molecule has 2 heterocycles. The molecule has 4 nitrogen and oxygen atoms in total. The lowest BCUT2D eigenvalue weighted by Gasteiger charge is -2.13. The number of rotatable bonds is 2. The summed E-state index contributed by atoms with van der Waals surface area (Å²) in [4.78, 5) is 13.2. The van der Waals surface area contributed by atoms with Crippen molar-refractivity contribution in [1.29, 1.82) is 0 Å². The second-order valence-electron chi connectivity index (χ2n) is 3.30. The number of halogens is 2. The first kappa shape index (κ1) is 9.80. The van der Waals surface area contributed by atoms with Gasteiger partial charge in [-0.05, 0) is 5.92 Å². The highest BCUT2D eigenvalue weighted by molar-refractivity contribution is 6.32. The van der Waals surface area contributed by atoms with Gasteiger partial charge in [0, 0.05) is 18.8 Å². The number of anilines is 1. The number of hydrogen-bond acceptors (Lipinski definition) is 2. The molecule has 6 heteroatoms. The first-order valence-corrected chi connectivity index (χ1v) is 5.19. The van der Waals surface area contributed by atoms with E-state index in [1.807, 2.05) is 0 Å². The van der Waals surface area contributed by atoms with Gasteiger partial charge in [0.15, 0.2) is 0 Å². The second-order valence-corrected chi connectivity index (χ2v) is 3.98. The van der Waals surface area contributed by atoms with Gasteiger partial charge in [0.1, 0.15) is 10.8 Å². The van der Waals surface area contributed by atoms with Gasteiger partial charge < -0.3 is 4.90 Å². The van der Waals surface area contributed by atoms with Gasteiger partial charge in [-0.15, -0.1) is 11.6 Å². The first-order valence-electron chi connectivity index (χ1n) is 4.27. The zero-order valence-corrected chi connectivity index (χ0v) is 8.85. The number of H-pyrrole nitrogens is 1. The maximum atomic E-state index is 11.6. The predicted molar refractivity (Wildman–Crippen MR) is 54.8 cm³/mol. The summed E-state index contributed by atoms with van der Waals surface area (Å²) in [5.74, 6) is 0.770. The topological polar surface area (TPSA) is 49.0 Å². The van der Waals surface area contributed by atoms with Crippen LogP contribution in [-0.2, 0) is 4.79 Å². The van der Waals surface area contributed by atoms with Gasteiger partial charge in [0.25, 0.3) is 0 Å². The number of aromatic nitrogens is 2. The van der Waals surface area contributed by atoms with Crippen LogP contribution in [0.1, 0.15) is 6.42 Å². The van der Waals surface area contributed by atoms with Crippen LogP contribution in [-0.4, -0.2) is 28.5 Å². The van der Waals surface area contributed by atoms with E-state index < -0.39 is 0 Å². The van der Waals surface area contributed by atoms with Crippen LogP contribution in [0.15, 0.2) is 6.20 Å². The van der Waals surface area contributed by atoms with Gasteiger partial charge in [-0.1, -0.05) is 11.6 Å². The van der Waals surface area contributed by atoms with E-state index in [0.29, 0.717) is 29.7 Å². The third-order valence-corrected chi connectivity index (χ3v) is 3.00. The van der Waals surface area contributed by atoms with E-state index in [9.17, 15) is 4.79 Å². The Bertz CT molecular complexity index is 352. The molecule has 1 aromatic heterocycles. The molecule has 14 heavy (non-hydrogen) atoms. The molecule has 0 aliphatic carbocycles. The molecule has 1 fully saturated rings. The fraction of sp³-hybridized carbons (Fsp3) is 0.500. The molecule has 1 aromatic rings. The molecule has 1 aliphatic rings. The van der Waals surface area contributed by atoms with Crippen LogP contribution >= 0.6 is 23.2 Å². The molecule has 1 saturated heterocycles. The monoisotopic (exact) mass is 233 g/mol. The van der Waals surface area contributed by atoms with Crippen molar-refractivity contribution in [3.8, 4) is 0 Å². The number of carbonyl (C=O) groups is 1. The number of alkyl halides is 1. The van der Waals surface area contributed by atoms with E-state index in [1.165, 1.54) is 0 Å². The highest BCUT2D eigenvalue weighted by Crippen LogP contribution is 2.29. The highest BCUT2D eigenvalue weighted by Gasteiger charge is 2.31. The Hall–Kier alpha value is -0.740. The molecule has 1 atom stereocenters. The Balaban J connectivity index is 2.20. The minimum atomic E-state index is 0.0546. The van der Waals surface area contributed by atoms with Crippen molar-refractivity contribution in [1.82, 2.24) is 10.2 Å². The zero-order valence-electron chi connectivity index (χ0n) is 7.33. The Morgan fingerprint density at radius 2 is 2.50 bits per heavy atom. The van der Waals surface area contributed by atoms with Gasteiger partial charge in [-0.2, -0.15) is 5.10 Å². The summed E-state index contributed by atoms with van der Waals surface area (Å²) in [6.07, 6.45) is 2.04. The quantitative estimate of drug-likeness (QED) is 0.791. The van der Waals surface area contributed by atoms with Gasteiger partial charge in [-0.25, -0.2) is 0 Å². The molecule has 0 spiro atoms. The van der Waals surface area contributed by atoms with Crippen LogP contribution in [0.3, 0.4) is 0 Å². The van der Waals surface area contributed by atoms with E-state index in [4.69, 9.17) is 23.2 Å². The maximum Gasteiger partial charge on any atom is 0.227 e. The predicted octanol–water partition coefficient (Wildman–Crippen LogP) is 1.65. The third kappa shape index (κ3) is 1.60. The summed E-state index contributed by atoms with van der Waals surface area (Å²) in [6, 6.07) is 0. The second kappa shape index (κ2) is 3.79. The Morgan fingerprint density at radius 3 is 3.00 bits per heavy atom. The summed E-state index contributed by atoms with van der Waals surface area (Å²) in [7, 11) is 0. The van der Waals surface area contributed by atoms with Crippen molar-refractivity contribution in [2.45, 2.75) is 6.42 Å². The largest absolute Gasteiger partial charge is 0.308 e. The lowest BCUT2D eigenvalue weighted by atomic mass is 10.1. The first-order chi connectivity index (χ1) is 6.72. The van der Waals surface area contributed by atoms with Crippen LogP contribution in [0.2, 0.25) is 5.15 Å². The Morgan fingerprint density at radius 1 is 1.71 bits per heavy atom. The van der Waals surface area contributed by atoms with Gasteiger partial charge in [0.2, 0.25) is 5.91 Å². The molecule has 1 aliphatic heterocycles. The SMILES string of the molecule is O=C1CC(CCl)CN1c1cn[nH]c1Cl. The van der Waals surface area contributed by atoms with Crippen molar-refractivity contribution >= 4 is 34.8 Å². The van der Waals surface area contributed by atoms with E-state index >= 15 is 0 Å². The normalized spacial score (nSPS) is 22.0. The van der Waals surface area contributed by atoms with Gasteiger partial charge >= 0.3 is 0 Å². The molecule has 0 bridgehead atoms. The molecule has 0 aromatic carbocycles. The van der Waals surface area contributed by atoms with E-state index in [-0.39, 0.29) is 11.8 Å². The van der Waals surface area contributed by atoms with E-state index in [2.05, 4.69) is 10.2 Å². The van der Waals surface area contributed by atoms with Crippen LogP contribution in [0.4, 0.5) is 5.69 Å². The minimum Gasteiger partial charge on any atom is -0.308 e. The summed E-state index contributed by atoms with van der Waals surface area (Å²) in [5, 5.41) is 6.75. The van der Waals surface area contributed by atoms with Gasteiger partial charge in [0.05, 0.1) is 6.20 Å². The fourth-order valence-corrected chi connectivity index (χ4v) is 1.98. The minimum absolute atomic E-state index is 0.0546. The fourth-order valence-electron chi connectivity index (χ4n) is 1.57. The number of hydrogen-bond donors (Lipinski definition) is 1. The number of carbonyl (C=O) groups excluding carboxylic acids is 1. The molecule has 2 rings (SSSR count). The average Bonchev–Trinajstić information content (AvgIpc) is 2.72. The highest BCUT2D eigenvalue weighted by atomic mass is 35.5. The van der Waals surface area contributed by atoms with E-state index in [1.54, 1.807) is 11.1 Å². The van der Waals surface area contributed by atoms with Crippen molar-refractivity contribution in [2.75, 3.05) is 17.3 Å². The smallest absolute Gasteiger partial charge is 0.227 e. The molecule has 76 valence electrons. The molecule has 0 saturated carbocycles.